The molecule has 0 aliphatic carbocycles. The minimum Gasteiger partial charge on any atom is -0.343 e. The lowest BCUT2D eigenvalue weighted by Gasteiger charge is -2.39. The Bertz CT molecular complexity index is 610. The highest BCUT2D eigenvalue weighted by molar-refractivity contribution is 5.85. The Hall–Kier alpha value is -1.07. The van der Waals surface area contributed by atoms with E-state index in [1.54, 1.807) is 0 Å². The maximum atomic E-state index is 12.7. The summed E-state index contributed by atoms with van der Waals surface area (Å²) < 4.78 is 2.11. The van der Waals surface area contributed by atoms with Crippen molar-refractivity contribution in [3.05, 3.63) is 17.0 Å². The van der Waals surface area contributed by atoms with Crippen LogP contribution >= 0.6 is 12.4 Å². The number of likely N-dealkylation sites (tertiary alicyclic amines) is 1. The second-order valence-corrected chi connectivity index (χ2v) is 8.53. The van der Waals surface area contributed by atoms with Gasteiger partial charge in [0, 0.05) is 38.3 Å². The normalized spacial score (nSPS) is 19.2. The Morgan fingerprint density at radius 3 is 2.50 bits per heavy atom. The zero-order valence-electron chi connectivity index (χ0n) is 16.8. The molecule has 26 heavy (non-hydrogen) atoms. The molecule has 3 rings (SSSR count). The number of nitrogens with zero attached hydrogens (tertiary/aromatic N) is 3. The molecule has 2 saturated heterocycles. The van der Waals surface area contributed by atoms with Crippen molar-refractivity contribution in [3.63, 3.8) is 0 Å². The van der Waals surface area contributed by atoms with Gasteiger partial charge in [-0.15, -0.1) is 12.4 Å². The minimum atomic E-state index is 0. The van der Waals surface area contributed by atoms with Gasteiger partial charge >= 0.3 is 0 Å². The second-order valence-electron chi connectivity index (χ2n) is 8.53. The van der Waals surface area contributed by atoms with Gasteiger partial charge in [0.1, 0.15) is 0 Å². The van der Waals surface area contributed by atoms with Crippen molar-refractivity contribution in [2.45, 2.75) is 66.3 Å². The summed E-state index contributed by atoms with van der Waals surface area (Å²) in [5.41, 5.74) is 4.05. The van der Waals surface area contributed by atoms with Crippen molar-refractivity contribution < 1.29 is 4.79 Å². The van der Waals surface area contributed by atoms with Crippen LogP contribution in [-0.4, -0.2) is 46.8 Å². The van der Waals surface area contributed by atoms with Gasteiger partial charge < -0.3 is 10.2 Å². The lowest BCUT2D eigenvalue weighted by Crippen LogP contribution is -2.44. The summed E-state index contributed by atoms with van der Waals surface area (Å²) in [6.07, 6.45) is 5.03. The van der Waals surface area contributed by atoms with E-state index in [9.17, 15) is 4.79 Å². The molecule has 1 N–H and O–H groups in total. The minimum absolute atomic E-state index is 0. The predicted octanol–water partition coefficient (Wildman–Crippen LogP) is 3.11. The van der Waals surface area contributed by atoms with Crippen molar-refractivity contribution in [2.24, 2.45) is 11.3 Å². The van der Waals surface area contributed by atoms with E-state index in [0.717, 1.165) is 57.7 Å². The Morgan fingerprint density at radius 1 is 1.23 bits per heavy atom. The number of halogens is 1. The highest BCUT2D eigenvalue weighted by Gasteiger charge is 2.37. The van der Waals surface area contributed by atoms with E-state index in [4.69, 9.17) is 0 Å². The van der Waals surface area contributed by atoms with Crippen LogP contribution in [0.1, 0.15) is 56.5 Å². The molecule has 1 aromatic rings. The molecule has 0 atom stereocenters. The summed E-state index contributed by atoms with van der Waals surface area (Å²) in [6, 6.07) is 0. The molecular weight excluding hydrogens is 348 g/mol. The van der Waals surface area contributed by atoms with Crippen LogP contribution in [0.5, 0.6) is 0 Å². The average molecular weight is 383 g/mol. The lowest BCUT2D eigenvalue weighted by atomic mass is 9.78. The number of hydrogen-bond acceptors (Lipinski definition) is 3. The standard InChI is InChI=1S/C20H34N4O.ClH/c1-15(2)13-24-17(4)18(16(3)22-24)5-6-19(25)23-11-8-20(9-12-23)7-10-21-14-20;/h15,21H,5-14H2,1-4H3;1H. The summed E-state index contributed by atoms with van der Waals surface area (Å²) >= 11 is 0. The molecule has 0 aromatic carbocycles. The Morgan fingerprint density at radius 2 is 1.92 bits per heavy atom. The third-order valence-electron chi connectivity index (χ3n) is 6.17. The molecule has 6 heteroatoms. The van der Waals surface area contributed by atoms with Crippen LogP contribution in [0.2, 0.25) is 0 Å². The van der Waals surface area contributed by atoms with Gasteiger partial charge in [-0.05, 0) is 63.0 Å². The zero-order valence-corrected chi connectivity index (χ0v) is 17.6. The van der Waals surface area contributed by atoms with Gasteiger partial charge in [-0.25, -0.2) is 0 Å². The van der Waals surface area contributed by atoms with E-state index >= 15 is 0 Å². The smallest absolute Gasteiger partial charge is 0.222 e. The average Bonchev–Trinajstić information content (AvgIpc) is 3.12. The van der Waals surface area contributed by atoms with E-state index in [2.05, 4.69) is 47.7 Å². The predicted molar refractivity (Wildman–Crippen MR) is 108 cm³/mol. The molecule has 2 aliphatic rings. The van der Waals surface area contributed by atoms with Gasteiger partial charge in [-0.1, -0.05) is 13.8 Å². The summed E-state index contributed by atoms with van der Waals surface area (Å²) in [6.45, 7) is 13.7. The fourth-order valence-electron chi connectivity index (χ4n) is 4.46. The molecule has 0 saturated carbocycles. The molecule has 0 unspecified atom stereocenters. The zero-order chi connectivity index (χ0) is 18.0. The van der Waals surface area contributed by atoms with Gasteiger partial charge in [0.2, 0.25) is 5.91 Å². The molecule has 5 nitrogen and oxygen atoms in total. The van der Waals surface area contributed by atoms with Gasteiger partial charge in [0.25, 0.3) is 0 Å². The van der Waals surface area contributed by atoms with Crippen LogP contribution in [0.15, 0.2) is 0 Å². The summed E-state index contributed by atoms with van der Waals surface area (Å²) in [5.74, 6) is 0.898. The molecule has 1 spiro atoms. The lowest BCUT2D eigenvalue weighted by molar-refractivity contribution is -0.133. The van der Waals surface area contributed by atoms with Gasteiger partial charge in [-0.2, -0.15) is 5.10 Å². The maximum absolute atomic E-state index is 12.7. The van der Waals surface area contributed by atoms with Crippen LogP contribution in [-0.2, 0) is 17.8 Å². The third kappa shape index (κ3) is 4.61. The van der Waals surface area contributed by atoms with E-state index in [1.165, 1.54) is 17.7 Å². The van der Waals surface area contributed by atoms with Gasteiger partial charge in [-0.3, -0.25) is 9.48 Å². The van der Waals surface area contributed by atoms with E-state index < -0.39 is 0 Å². The van der Waals surface area contributed by atoms with Crippen LogP contribution in [0.3, 0.4) is 0 Å². The number of aryl methyl sites for hydroxylation is 1. The molecule has 2 aliphatic heterocycles. The van der Waals surface area contributed by atoms with Crippen molar-refractivity contribution in [1.29, 1.82) is 0 Å². The topological polar surface area (TPSA) is 50.2 Å². The summed E-state index contributed by atoms with van der Waals surface area (Å²) in [4.78, 5) is 14.8. The number of aromatic nitrogens is 2. The van der Waals surface area contributed by atoms with Crippen molar-refractivity contribution in [2.75, 3.05) is 26.2 Å². The fourth-order valence-corrected chi connectivity index (χ4v) is 4.46. The van der Waals surface area contributed by atoms with Crippen LogP contribution in [0.25, 0.3) is 0 Å². The monoisotopic (exact) mass is 382 g/mol. The number of carbonyl (C=O) groups is 1. The van der Waals surface area contributed by atoms with Crippen molar-refractivity contribution in [3.8, 4) is 0 Å². The first-order valence-corrected chi connectivity index (χ1v) is 9.92. The van der Waals surface area contributed by atoms with Crippen molar-refractivity contribution in [1.82, 2.24) is 20.0 Å². The molecular formula is C20H35ClN4O. The maximum Gasteiger partial charge on any atom is 0.222 e. The number of rotatable bonds is 5. The molecule has 0 radical (unpaired) electrons. The number of amides is 1. The molecule has 1 aromatic heterocycles. The number of hydrogen-bond donors (Lipinski definition) is 1. The first-order chi connectivity index (χ1) is 11.9. The van der Waals surface area contributed by atoms with Crippen molar-refractivity contribution >= 4 is 18.3 Å². The molecule has 0 bridgehead atoms. The number of carbonyl (C=O) groups excluding carboxylic acids is 1. The SMILES string of the molecule is Cc1nn(CC(C)C)c(C)c1CCC(=O)N1CCC2(CCNC2)CC1.Cl. The second kappa shape index (κ2) is 8.75. The Kier molecular flexibility index (Phi) is 7.14. The Labute approximate surface area is 164 Å². The summed E-state index contributed by atoms with van der Waals surface area (Å²) in [7, 11) is 0. The van der Waals surface area contributed by atoms with E-state index in [-0.39, 0.29) is 12.4 Å². The molecule has 2 fully saturated rings. The first-order valence-electron chi connectivity index (χ1n) is 9.92. The quantitative estimate of drug-likeness (QED) is 0.851. The highest BCUT2D eigenvalue weighted by Crippen LogP contribution is 2.37. The third-order valence-corrected chi connectivity index (χ3v) is 6.17. The Balaban J connectivity index is 0.00000243. The number of piperidine rings is 1. The molecule has 148 valence electrons. The molecule has 3 heterocycles. The van der Waals surface area contributed by atoms with Crippen LogP contribution in [0.4, 0.5) is 0 Å². The first kappa shape index (κ1) is 21.2. The number of nitrogens with one attached hydrogen (secondary N) is 1. The highest BCUT2D eigenvalue weighted by atomic mass is 35.5. The largest absolute Gasteiger partial charge is 0.343 e. The van der Waals surface area contributed by atoms with Crippen LogP contribution < -0.4 is 5.32 Å². The summed E-state index contributed by atoms with van der Waals surface area (Å²) in [5, 5.41) is 8.16. The van der Waals surface area contributed by atoms with Gasteiger partial charge in [0.15, 0.2) is 0 Å². The molecule has 1 amide bonds. The van der Waals surface area contributed by atoms with E-state index in [0.29, 0.717) is 23.7 Å². The fraction of sp³-hybridized carbons (Fsp3) is 0.800. The van der Waals surface area contributed by atoms with Crippen LogP contribution in [0, 0.1) is 25.2 Å². The van der Waals surface area contributed by atoms with Gasteiger partial charge in [0.05, 0.1) is 5.69 Å². The van der Waals surface area contributed by atoms with E-state index in [1.807, 2.05) is 0 Å².